The first-order valence-electron chi connectivity index (χ1n) is 4.64. The summed E-state index contributed by atoms with van der Waals surface area (Å²) >= 11 is 0. The van der Waals surface area contributed by atoms with Gasteiger partial charge in [-0.25, -0.2) is 0 Å². The Morgan fingerprint density at radius 2 is 2.36 bits per heavy atom. The second-order valence-electron chi connectivity index (χ2n) is 3.60. The highest BCUT2D eigenvalue weighted by molar-refractivity contribution is 5.75. The second kappa shape index (κ2) is 3.09. The number of hydrogen-bond acceptors (Lipinski definition) is 3. The molecule has 5 heteroatoms. The molecule has 14 heavy (non-hydrogen) atoms. The third-order valence-electron chi connectivity index (χ3n) is 2.68. The molecule has 2 rings (SSSR count). The number of fused-ring (bicyclic) bond motifs is 1. The number of nitrogens with two attached hydrogens (primary N) is 1. The molecule has 0 radical (unpaired) electrons. The van der Waals surface area contributed by atoms with Gasteiger partial charge in [0.05, 0.1) is 11.4 Å². The van der Waals surface area contributed by atoms with E-state index in [4.69, 9.17) is 10.8 Å². The number of hydrogen-bond donors (Lipinski definition) is 2. The first-order chi connectivity index (χ1) is 6.61. The topological polar surface area (TPSA) is 81.1 Å². The largest absolute Gasteiger partial charge is 0.480 e. The van der Waals surface area contributed by atoms with Crippen LogP contribution in [0.15, 0.2) is 0 Å². The van der Waals surface area contributed by atoms with Crippen molar-refractivity contribution in [1.82, 2.24) is 9.78 Å². The van der Waals surface area contributed by atoms with E-state index >= 15 is 0 Å². The predicted octanol–water partition coefficient (Wildman–Crippen LogP) is -0.00680. The molecule has 1 aliphatic carbocycles. The van der Waals surface area contributed by atoms with Crippen LogP contribution in [-0.4, -0.2) is 20.9 Å². The van der Waals surface area contributed by atoms with E-state index in [0.717, 1.165) is 30.5 Å². The SMILES string of the molecule is Cn1nc2c(c1C(N)C(=O)O)CCC2. The van der Waals surface area contributed by atoms with Crippen LogP contribution in [0.1, 0.15) is 29.4 Å². The molecule has 1 heterocycles. The highest BCUT2D eigenvalue weighted by Gasteiger charge is 2.27. The van der Waals surface area contributed by atoms with E-state index in [-0.39, 0.29) is 0 Å². The van der Waals surface area contributed by atoms with Crippen LogP contribution in [0.3, 0.4) is 0 Å². The number of aliphatic carboxylic acids is 1. The Morgan fingerprint density at radius 1 is 1.64 bits per heavy atom. The molecule has 1 aromatic rings. The van der Waals surface area contributed by atoms with Gasteiger partial charge in [-0.2, -0.15) is 5.10 Å². The van der Waals surface area contributed by atoms with Crippen LogP contribution < -0.4 is 5.73 Å². The van der Waals surface area contributed by atoms with Crippen LogP contribution in [0.2, 0.25) is 0 Å². The van der Waals surface area contributed by atoms with Crippen LogP contribution in [-0.2, 0) is 24.7 Å². The molecule has 1 atom stereocenters. The number of rotatable bonds is 2. The molecule has 1 aliphatic rings. The number of aryl methyl sites for hydroxylation is 2. The maximum atomic E-state index is 10.8. The second-order valence-corrected chi connectivity index (χ2v) is 3.60. The van der Waals surface area contributed by atoms with Gasteiger partial charge in [0.2, 0.25) is 0 Å². The lowest BCUT2D eigenvalue weighted by atomic mass is 10.1. The molecule has 0 saturated heterocycles. The first-order valence-corrected chi connectivity index (χ1v) is 4.64. The van der Waals surface area contributed by atoms with Gasteiger partial charge in [0, 0.05) is 7.05 Å². The molecule has 3 N–H and O–H groups in total. The standard InChI is InChI=1S/C9H13N3O2/c1-12-8(7(10)9(13)14)5-3-2-4-6(5)11-12/h7H,2-4,10H2,1H3,(H,13,14). The zero-order valence-corrected chi connectivity index (χ0v) is 8.03. The quantitative estimate of drug-likeness (QED) is 0.695. The highest BCUT2D eigenvalue weighted by atomic mass is 16.4. The molecule has 0 saturated carbocycles. The van der Waals surface area contributed by atoms with Gasteiger partial charge in [-0.1, -0.05) is 0 Å². The fourth-order valence-electron chi connectivity index (χ4n) is 2.05. The molecule has 1 aromatic heterocycles. The van der Waals surface area contributed by atoms with Gasteiger partial charge in [-0.3, -0.25) is 9.48 Å². The van der Waals surface area contributed by atoms with Crippen molar-refractivity contribution >= 4 is 5.97 Å². The summed E-state index contributed by atoms with van der Waals surface area (Å²) in [5, 5.41) is 13.1. The zero-order valence-electron chi connectivity index (χ0n) is 8.03. The average molecular weight is 195 g/mol. The Morgan fingerprint density at radius 3 is 3.00 bits per heavy atom. The molecule has 0 bridgehead atoms. The lowest BCUT2D eigenvalue weighted by Crippen LogP contribution is -2.24. The Bertz CT molecular complexity index is 384. The summed E-state index contributed by atoms with van der Waals surface area (Å²) in [7, 11) is 1.75. The normalized spacial score (nSPS) is 16.7. The van der Waals surface area contributed by atoms with Crippen LogP contribution in [0, 0.1) is 0 Å². The Balaban J connectivity index is 2.46. The van der Waals surface area contributed by atoms with Gasteiger partial charge < -0.3 is 10.8 Å². The summed E-state index contributed by atoms with van der Waals surface area (Å²) in [6.45, 7) is 0. The molecular formula is C9H13N3O2. The Labute approximate surface area is 81.5 Å². The third kappa shape index (κ3) is 1.21. The highest BCUT2D eigenvalue weighted by Crippen LogP contribution is 2.27. The maximum absolute atomic E-state index is 10.8. The van der Waals surface area contributed by atoms with E-state index in [0.29, 0.717) is 5.69 Å². The van der Waals surface area contributed by atoms with E-state index < -0.39 is 12.0 Å². The summed E-state index contributed by atoms with van der Waals surface area (Å²) in [6.07, 6.45) is 2.90. The first kappa shape index (κ1) is 9.21. The lowest BCUT2D eigenvalue weighted by Gasteiger charge is -2.08. The van der Waals surface area contributed by atoms with E-state index in [1.807, 2.05) is 0 Å². The monoisotopic (exact) mass is 195 g/mol. The van der Waals surface area contributed by atoms with E-state index in [2.05, 4.69) is 5.10 Å². The molecule has 0 aliphatic heterocycles. The molecule has 0 spiro atoms. The molecule has 0 aromatic carbocycles. The van der Waals surface area contributed by atoms with Crippen molar-refractivity contribution in [2.45, 2.75) is 25.3 Å². The molecule has 76 valence electrons. The number of aromatic nitrogens is 2. The van der Waals surface area contributed by atoms with Gasteiger partial charge in [0.1, 0.15) is 6.04 Å². The van der Waals surface area contributed by atoms with Crippen molar-refractivity contribution in [3.05, 3.63) is 17.0 Å². The van der Waals surface area contributed by atoms with Crippen molar-refractivity contribution in [3.8, 4) is 0 Å². The fraction of sp³-hybridized carbons (Fsp3) is 0.556. The smallest absolute Gasteiger partial charge is 0.326 e. The molecule has 1 unspecified atom stereocenters. The van der Waals surface area contributed by atoms with Crippen molar-refractivity contribution in [1.29, 1.82) is 0 Å². The number of carboxylic acid groups (broad SMARTS) is 1. The van der Waals surface area contributed by atoms with Crippen LogP contribution in [0.4, 0.5) is 0 Å². The van der Waals surface area contributed by atoms with Gasteiger partial charge in [-0.15, -0.1) is 0 Å². The third-order valence-corrected chi connectivity index (χ3v) is 2.68. The number of nitrogens with zero attached hydrogens (tertiary/aromatic N) is 2. The number of carboxylic acids is 1. The lowest BCUT2D eigenvalue weighted by molar-refractivity contribution is -0.138. The molecule has 5 nitrogen and oxygen atoms in total. The van der Waals surface area contributed by atoms with Crippen molar-refractivity contribution in [3.63, 3.8) is 0 Å². The molecular weight excluding hydrogens is 182 g/mol. The van der Waals surface area contributed by atoms with Gasteiger partial charge in [0.25, 0.3) is 0 Å². The van der Waals surface area contributed by atoms with Gasteiger partial charge in [0.15, 0.2) is 0 Å². The van der Waals surface area contributed by atoms with Crippen LogP contribution in [0.5, 0.6) is 0 Å². The summed E-state index contributed by atoms with van der Waals surface area (Å²) in [5.41, 5.74) is 8.31. The summed E-state index contributed by atoms with van der Waals surface area (Å²) in [5.74, 6) is -0.997. The minimum absolute atomic E-state index is 0.657. The molecule has 0 amide bonds. The summed E-state index contributed by atoms with van der Waals surface area (Å²) < 4.78 is 1.60. The minimum atomic E-state index is -0.997. The van der Waals surface area contributed by atoms with Crippen LogP contribution in [0.25, 0.3) is 0 Å². The average Bonchev–Trinajstić information content (AvgIpc) is 2.62. The van der Waals surface area contributed by atoms with Crippen molar-refractivity contribution in [2.75, 3.05) is 0 Å². The predicted molar refractivity (Wildman–Crippen MR) is 49.8 cm³/mol. The van der Waals surface area contributed by atoms with Crippen molar-refractivity contribution in [2.24, 2.45) is 12.8 Å². The maximum Gasteiger partial charge on any atom is 0.326 e. The van der Waals surface area contributed by atoms with Crippen molar-refractivity contribution < 1.29 is 9.90 Å². The minimum Gasteiger partial charge on any atom is -0.480 e. The van der Waals surface area contributed by atoms with Gasteiger partial charge in [-0.05, 0) is 24.8 Å². The number of carbonyl (C=O) groups is 1. The van der Waals surface area contributed by atoms with E-state index in [1.54, 1.807) is 11.7 Å². The summed E-state index contributed by atoms with van der Waals surface area (Å²) in [4.78, 5) is 10.8. The van der Waals surface area contributed by atoms with Crippen LogP contribution >= 0.6 is 0 Å². The fourth-order valence-corrected chi connectivity index (χ4v) is 2.05. The van der Waals surface area contributed by atoms with E-state index in [9.17, 15) is 4.79 Å². The van der Waals surface area contributed by atoms with E-state index in [1.165, 1.54) is 0 Å². The molecule has 0 fully saturated rings. The summed E-state index contributed by atoms with van der Waals surface area (Å²) in [6, 6.07) is -0.950. The Kier molecular flexibility index (Phi) is 2.03. The zero-order chi connectivity index (χ0) is 10.3. The Hall–Kier alpha value is -1.36. The van der Waals surface area contributed by atoms with Gasteiger partial charge >= 0.3 is 5.97 Å².